The fourth-order valence-corrected chi connectivity index (χ4v) is 3.09. The van der Waals surface area contributed by atoms with Crippen LogP contribution < -0.4 is 5.32 Å². The van der Waals surface area contributed by atoms with Gasteiger partial charge in [-0.1, -0.05) is 24.9 Å². The van der Waals surface area contributed by atoms with Gasteiger partial charge >= 0.3 is 6.03 Å². The number of hydrogen-bond acceptors (Lipinski definition) is 2. The molecule has 0 fully saturated rings. The van der Waals surface area contributed by atoms with Crippen molar-refractivity contribution in [2.24, 2.45) is 7.05 Å². The van der Waals surface area contributed by atoms with Crippen LogP contribution in [-0.4, -0.2) is 45.4 Å². The minimum atomic E-state index is -0.301. The molecule has 7 heteroatoms. The zero-order valence-electron chi connectivity index (χ0n) is 17.7. The summed E-state index contributed by atoms with van der Waals surface area (Å²) in [7, 11) is 1.97. The van der Waals surface area contributed by atoms with Crippen LogP contribution in [0.4, 0.5) is 10.5 Å². The Kier molecular flexibility index (Phi) is 8.58. The van der Waals surface area contributed by atoms with Gasteiger partial charge in [-0.2, -0.15) is 0 Å². The number of anilines is 1. The molecule has 1 N–H and O–H groups in total. The van der Waals surface area contributed by atoms with Crippen molar-refractivity contribution in [3.8, 4) is 0 Å². The maximum Gasteiger partial charge on any atom is 0.322 e. The van der Waals surface area contributed by atoms with Gasteiger partial charge in [-0.3, -0.25) is 4.79 Å². The number of halogens is 1. The first kappa shape index (κ1) is 22.8. The van der Waals surface area contributed by atoms with Crippen LogP contribution in [0, 0.1) is 0 Å². The molecule has 0 radical (unpaired) electrons. The van der Waals surface area contributed by atoms with Gasteiger partial charge in [0.15, 0.2) is 0 Å². The quantitative estimate of drug-likeness (QED) is 0.638. The highest BCUT2D eigenvalue weighted by molar-refractivity contribution is 6.30. The third kappa shape index (κ3) is 6.82. The van der Waals surface area contributed by atoms with Gasteiger partial charge in [-0.15, -0.1) is 0 Å². The Hall–Kier alpha value is -2.47. The first-order chi connectivity index (χ1) is 13.8. The summed E-state index contributed by atoms with van der Waals surface area (Å²) in [6.07, 6.45) is 3.90. The number of nitrogens with zero attached hydrogens (tertiary/aromatic N) is 3. The van der Waals surface area contributed by atoms with E-state index in [2.05, 4.69) is 12.2 Å². The lowest BCUT2D eigenvalue weighted by Gasteiger charge is -2.30. The second kappa shape index (κ2) is 10.9. The fourth-order valence-electron chi connectivity index (χ4n) is 2.96. The van der Waals surface area contributed by atoms with Gasteiger partial charge < -0.3 is 19.7 Å². The van der Waals surface area contributed by atoms with Crippen molar-refractivity contribution in [1.29, 1.82) is 0 Å². The van der Waals surface area contributed by atoms with Gasteiger partial charge in [0.25, 0.3) is 0 Å². The Morgan fingerprint density at radius 2 is 1.86 bits per heavy atom. The predicted molar refractivity (Wildman–Crippen MR) is 118 cm³/mol. The Morgan fingerprint density at radius 1 is 1.17 bits per heavy atom. The van der Waals surface area contributed by atoms with Gasteiger partial charge in [0.2, 0.25) is 5.91 Å². The zero-order chi connectivity index (χ0) is 21.4. The van der Waals surface area contributed by atoms with Crippen LogP contribution in [-0.2, 0) is 18.4 Å². The number of rotatable bonds is 9. The lowest BCUT2D eigenvalue weighted by molar-refractivity contribution is -0.132. The van der Waals surface area contributed by atoms with Gasteiger partial charge in [0, 0.05) is 42.2 Å². The van der Waals surface area contributed by atoms with Crippen molar-refractivity contribution >= 4 is 29.2 Å². The largest absolute Gasteiger partial charge is 0.353 e. The third-order valence-electron chi connectivity index (χ3n) is 4.82. The number of hydrogen-bond donors (Lipinski definition) is 1. The smallest absolute Gasteiger partial charge is 0.322 e. The summed E-state index contributed by atoms with van der Waals surface area (Å²) in [5.74, 6) is -0.0559. The molecular formula is C22H31ClN4O2. The van der Waals surface area contributed by atoms with Crippen molar-refractivity contribution in [2.45, 2.75) is 46.2 Å². The van der Waals surface area contributed by atoms with E-state index in [1.54, 1.807) is 29.2 Å². The maximum absolute atomic E-state index is 13.1. The minimum absolute atomic E-state index is 0.0330. The topological polar surface area (TPSA) is 57.6 Å². The van der Waals surface area contributed by atoms with Gasteiger partial charge in [-0.25, -0.2) is 4.79 Å². The first-order valence-electron chi connectivity index (χ1n) is 10.0. The average Bonchev–Trinajstić information content (AvgIpc) is 3.08. The van der Waals surface area contributed by atoms with Crippen LogP contribution in [0.15, 0.2) is 42.6 Å². The lowest BCUT2D eigenvalue weighted by Crippen LogP contribution is -2.47. The summed E-state index contributed by atoms with van der Waals surface area (Å²) in [4.78, 5) is 29.3. The van der Waals surface area contributed by atoms with Gasteiger partial charge in [-0.05, 0) is 56.7 Å². The molecule has 2 rings (SSSR count). The van der Waals surface area contributed by atoms with E-state index in [-0.39, 0.29) is 24.5 Å². The number of carbonyl (C=O) groups excluding carboxylic acids is 2. The molecule has 6 nitrogen and oxygen atoms in total. The van der Waals surface area contributed by atoms with Crippen LogP contribution >= 0.6 is 11.6 Å². The Balaban J connectivity index is 2.08. The highest BCUT2D eigenvalue weighted by Gasteiger charge is 2.24. The number of urea groups is 1. The maximum atomic E-state index is 13.1. The minimum Gasteiger partial charge on any atom is -0.353 e. The van der Waals surface area contributed by atoms with E-state index >= 15 is 0 Å². The van der Waals surface area contributed by atoms with Crippen LogP contribution in [0.5, 0.6) is 0 Å². The summed E-state index contributed by atoms with van der Waals surface area (Å²) < 4.78 is 2.01. The summed E-state index contributed by atoms with van der Waals surface area (Å²) in [6.45, 7) is 7.15. The molecule has 1 heterocycles. The van der Waals surface area contributed by atoms with E-state index in [0.717, 1.165) is 18.5 Å². The molecule has 0 aliphatic rings. The molecule has 1 aromatic carbocycles. The Morgan fingerprint density at radius 3 is 2.41 bits per heavy atom. The van der Waals surface area contributed by atoms with Crippen LogP contribution in [0.3, 0.4) is 0 Å². The van der Waals surface area contributed by atoms with E-state index < -0.39 is 0 Å². The van der Waals surface area contributed by atoms with Crippen molar-refractivity contribution in [3.05, 3.63) is 53.3 Å². The predicted octanol–water partition coefficient (Wildman–Crippen LogP) is 4.75. The van der Waals surface area contributed by atoms with E-state index in [4.69, 9.17) is 11.6 Å². The second-order valence-electron chi connectivity index (χ2n) is 7.44. The average molecular weight is 419 g/mol. The first-order valence-corrected chi connectivity index (χ1v) is 10.4. The fraction of sp³-hybridized carbons (Fsp3) is 0.455. The normalized spacial score (nSPS) is 10.8. The number of aromatic nitrogens is 1. The third-order valence-corrected chi connectivity index (χ3v) is 5.08. The molecule has 1 aromatic heterocycles. The van der Waals surface area contributed by atoms with Crippen LogP contribution in [0.1, 0.15) is 39.3 Å². The van der Waals surface area contributed by atoms with Crippen LogP contribution in [0.2, 0.25) is 5.02 Å². The molecular weight excluding hydrogens is 388 g/mol. The molecule has 0 bridgehead atoms. The number of unbranched alkanes of at least 4 members (excludes halogenated alkanes) is 1. The Labute approximate surface area is 178 Å². The zero-order valence-corrected chi connectivity index (χ0v) is 18.4. The van der Waals surface area contributed by atoms with E-state index in [9.17, 15) is 9.59 Å². The van der Waals surface area contributed by atoms with E-state index in [1.807, 2.05) is 48.7 Å². The molecule has 0 saturated carbocycles. The second-order valence-corrected chi connectivity index (χ2v) is 7.87. The summed E-state index contributed by atoms with van der Waals surface area (Å²) >= 11 is 5.90. The standard InChI is InChI=1S/C22H31ClN4O2/c1-5-6-14-26(15-20-8-7-13-25(20)4)21(28)16-27(17(2)3)22(29)24-19-11-9-18(23)10-12-19/h7-13,17H,5-6,14-16H2,1-4H3,(H,24,29). The molecule has 2 aromatic rings. The summed E-state index contributed by atoms with van der Waals surface area (Å²) in [5, 5.41) is 3.45. The van der Waals surface area contributed by atoms with E-state index in [0.29, 0.717) is 23.8 Å². The number of aryl methyl sites for hydroxylation is 1. The summed E-state index contributed by atoms with van der Waals surface area (Å²) in [5.41, 5.74) is 1.71. The van der Waals surface area contributed by atoms with Gasteiger partial charge in [0.1, 0.15) is 6.54 Å². The molecule has 0 spiro atoms. The van der Waals surface area contributed by atoms with Crippen molar-refractivity contribution in [2.75, 3.05) is 18.4 Å². The van der Waals surface area contributed by atoms with Gasteiger partial charge in [0.05, 0.1) is 6.54 Å². The molecule has 0 aliphatic carbocycles. The monoisotopic (exact) mass is 418 g/mol. The number of carbonyl (C=O) groups is 2. The molecule has 158 valence electrons. The Bertz CT molecular complexity index is 801. The SMILES string of the molecule is CCCCN(Cc1cccn1C)C(=O)CN(C(=O)Nc1ccc(Cl)cc1)C(C)C. The molecule has 0 aliphatic heterocycles. The highest BCUT2D eigenvalue weighted by atomic mass is 35.5. The van der Waals surface area contributed by atoms with Crippen molar-refractivity contribution in [3.63, 3.8) is 0 Å². The molecule has 29 heavy (non-hydrogen) atoms. The van der Waals surface area contributed by atoms with Crippen LogP contribution in [0.25, 0.3) is 0 Å². The highest BCUT2D eigenvalue weighted by Crippen LogP contribution is 2.15. The van der Waals surface area contributed by atoms with Crippen molar-refractivity contribution < 1.29 is 9.59 Å². The number of benzene rings is 1. The molecule has 0 unspecified atom stereocenters. The molecule has 0 saturated heterocycles. The molecule has 3 amide bonds. The summed E-state index contributed by atoms with van der Waals surface area (Å²) in [6, 6.07) is 10.5. The number of nitrogens with one attached hydrogen (secondary N) is 1. The van der Waals surface area contributed by atoms with E-state index in [1.165, 1.54) is 0 Å². The lowest BCUT2D eigenvalue weighted by atomic mass is 10.2. The van der Waals surface area contributed by atoms with Crippen molar-refractivity contribution in [1.82, 2.24) is 14.4 Å². The number of amides is 3. The molecule has 0 atom stereocenters.